The fourth-order valence-electron chi connectivity index (χ4n) is 8.42. The van der Waals surface area contributed by atoms with Gasteiger partial charge in [-0.2, -0.15) is 0 Å². The first-order valence-corrected chi connectivity index (χ1v) is 22.2. The number of piperazine rings is 2. The third-order valence-electron chi connectivity index (χ3n) is 11.9. The minimum atomic E-state index is -0.434. The Hall–Kier alpha value is -6.97. The minimum absolute atomic E-state index is 0.0269. The Morgan fingerprint density at radius 3 is 1.45 bits per heavy atom. The molecule has 2 aliphatic rings. The second kappa shape index (κ2) is 21.1. The lowest BCUT2D eigenvalue weighted by atomic mass is 10.1. The van der Waals surface area contributed by atoms with Crippen molar-refractivity contribution in [3.05, 3.63) is 144 Å². The zero-order valence-corrected chi connectivity index (χ0v) is 36.8. The van der Waals surface area contributed by atoms with E-state index in [4.69, 9.17) is 20.9 Å². The number of hydrogen-bond acceptors (Lipinski definition) is 9. The zero-order chi connectivity index (χ0) is 45.1. The molecule has 7 N–H and O–H groups in total. The van der Waals surface area contributed by atoms with E-state index in [1.54, 1.807) is 12.1 Å². The summed E-state index contributed by atoms with van der Waals surface area (Å²) in [6.45, 7) is 13.4. The molecule has 0 bridgehead atoms. The highest BCUT2D eigenvalue weighted by atomic mass is 16.5. The minimum Gasteiger partial charge on any atom is -0.492 e. The molecule has 14 nitrogen and oxygen atoms in total. The topological polar surface area (TPSA) is 178 Å². The molecular weight excluding hydrogens is 819 g/mol. The third kappa shape index (κ3) is 11.8. The highest BCUT2D eigenvalue weighted by Crippen LogP contribution is 2.29. The second-order valence-electron chi connectivity index (χ2n) is 16.5. The van der Waals surface area contributed by atoms with Crippen molar-refractivity contribution in [3.8, 4) is 34.0 Å². The number of amides is 3. The van der Waals surface area contributed by atoms with E-state index in [-0.39, 0.29) is 5.91 Å². The molecular formula is C51H57N9O5. The number of benzene rings is 5. The molecule has 0 spiro atoms. The number of carbonyl (C=O) groups excluding carboxylic acids is 3. The molecule has 7 aromatic rings. The molecule has 9 rings (SSSR count). The summed E-state index contributed by atoms with van der Waals surface area (Å²) in [6.07, 6.45) is 0. The van der Waals surface area contributed by atoms with Gasteiger partial charge < -0.3 is 30.9 Å². The summed E-state index contributed by atoms with van der Waals surface area (Å²) in [5, 5.41) is 3.62. The quantitative estimate of drug-likeness (QED) is 0.0813. The molecule has 2 saturated heterocycles. The van der Waals surface area contributed by atoms with Crippen LogP contribution in [0.1, 0.15) is 33.2 Å². The first-order chi connectivity index (χ1) is 31.6. The number of rotatable bonds is 15. The van der Waals surface area contributed by atoms with Gasteiger partial charge in [-0.15, -0.1) is 0 Å². The summed E-state index contributed by atoms with van der Waals surface area (Å²) in [4.78, 5) is 48.5. The van der Waals surface area contributed by atoms with Crippen LogP contribution in [0.15, 0.2) is 127 Å². The lowest BCUT2D eigenvalue weighted by Crippen LogP contribution is -2.53. The largest absolute Gasteiger partial charge is 0.492 e. The van der Waals surface area contributed by atoms with E-state index < -0.39 is 11.8 Å². The maximum Gasteiger partial charge on any atom is 0.249 e. The molecule has 2 fully saturated rings. The maximum atomic E-state index is 11.7. The number of fused-ring (bicyclic) bond motifs is 2. The van der Waals surface area contributed by atoms with Crippen molar-refractivity contribution in [1.29, 1.82) is 0 Å². The number of primary amides is 2. The van der Waals surface area contributed by atoms with Gasteiger partial charge in [0, 0.05) is 123 Å². The van der Waals surface area contributed by atoms with Gasteiger partial charge in [0.25, 0.3) is 0 Å². The Bertz CT molecular complexity index is 2680. The van der Waals surface area contributed by atoms with Gasteiger partial charge in [-0.1, -0.05) is 42.5 Å². The molecule has 4 heterocycles. The van der Waals surface area contributed by atoms with Gasteiger partial charge in [-0.05, 0) is 102 Å². The number of aromatic amines is 2. The van der Waals surface area contributed by atoms with Crippen molar-refractivity contribution in [3.63, 3.8) is 0 Å². The van der Waals surface area contributed by atoms with E-state index in [1.807, 2.05) is 89.9 Å². The molecule has 0 radical (unpaired) electrons. The number of hydrazine groups is 1. The van der Waals surface area contributed by atoms with Crippen LogP contribution in [0.25, 0.3) is 44.3 Å². The average molecular weight is 876 g/mol. The van der Waals surface area contributed by atoms with E-state index in [0.717, 1.165) is 128 Å². The number of nitrogens with zero attached hydrogens (tertiary/aromatic N) is 4. The van der Waals surface area contributed by atoms with Gasteiger partial charge in [0.15, 0.2) is 0 Å². The number of nitrogens with two attached hydrogens (primary N) is 2. The zero-order valence-electron chi connectivity index (χ0n) is 36.8. The van der Waals surface area contributed by atoms with Gasteiger partial charge in [0.1, 0.15) is 24.7 Å². The molecule has 2 aromatic heterocycles. The highest BCUT2D eigenvalue weighted by Gasteiger charge is 2.19. The van der Waals surface area contributed by atoms with Crippen LogP contribution in [-0.4, -0.2) is 126 Å². The molecule has 65 heavy (non-hydrogen) atoms. The predicted octanol–water partition coefficient (Wildman–Crippen LogP) is 6.11. The van der Waals surface area contributed by atoms with Crippen LogP contribution in [0.5, 0.6) is 11.5 Å². The fourth-order valence-corrected chi connectivity index (χ4v) is 8.42. The lowest BCUT2D eigenvalue weighted by Gasteiger charge is -2.34. The second-order valence-corrected chi connectivity index (χ2v) is 16.5. The molecule has 336 valence electrons. The monoisotopic (exact) mass is 875 g/mol. The summed E-state index contributed by atoms with van der Waals surface area (Å²) in [5.41, 5.74) is 21.9. The van der Waals surface area contributed by atoms with Crippen molar-refractivity contribution in [2.24, 2.45) is 11.5 Å². The van der Waals surface area contributed by atoms with Crippen molar-refractivity contribution < 1.29 is 23.9 Å². The fraction of sp³-hybridized carbons (Fsp3) is 0.275. The van der Waals surface area contributed by atoms with Gasteiger partial charge in [0.05, 0.1) is 0 Å². The van der Waals surface area contributed by atoms with Crippen LogP contribution < -0.4 is 26.4 Å². The Kier molecular flexibility index (Phi) is 14.5. The SMILES string of the molecule is CC(=O)NN1CCN(CCOc2ccc(-c3cc4c(C(N)=O)cccc4[nH]3)cc2)CC1.NC(=O)c1cccc2[nH]c(-c3ccc(OCCN4CCN(Cc5ccccc5)CC4)cc3)cc12. The van der Waals surface area contributed by atoms with E-state index in [1.165, 1.54) is 12.5 Å². The van der Waals surface area contributed by atoms with Crippen LogP contribution in [0.3, 0.4) is 0 Å². The Labute approximate surface area is 379 Å². The molecule has 0 unspecified atom stereocenters. The highest BCUT2D eigenvalue weighted by molar-refractivity contribution is 6.07. The van der Waals surface area contributed by atoms with Crippen LogP contribution in [0.4, 0.5) is 0 Å². The van der Waals surface area contributed by atoms with Crippen LogP contribution in [-0.2, 0) is 11.3 Å². The maximum absolute atomic E-state index is 11.7. The van der Waals surface area contributed by atoms with E-state index in [2.05, 4.69) is 60.4 Å². The van der Waals surface area contributed by atoms with Crippen molar-refractivity contribution >= 4 is 39.5 Å². The number of carbonyl (C=O) groups is 3. The van der Waals surface area contributed by atoms with Crippen LogP contribution in [0, 0.1) is 0 Å². The van der Waals surface area contributed by atoms with Crippen molar-refractivity contribution in [2.75, 3.05) is 78.7 Å². The van der Waals surface area contributed by atoms with Crippen molar-refractivity contribution in [1.82, 2.24) is 35.1 Å². The molecule has 14 heteroatoms. The molecule has 3 amide bonds. The summed E-state index contributed by atoms with van der Waals surface area (Å²) in [5.74, 6) is 0.796. The van der Waals surface area contributed by atoms with E-state index in [0.29, 0.717) is 24.3 Å². The first-order valence-electron chi connectivity index (χ1n) is 22.2. The van der Waals surface area contributed by atoms with Gasteiger partial charge >= 0.3 is 0 Å². The Morgan fingerprint density at radius 2 is 1.00 bits per heavy atom. The standard InChI is InChI=1S/C28H30N4O2.C23H27N5O3/c29-28(33)24-7-4-8-26-25(24)19-27(30-26)22-9-11-23(12-10-22)34-18-17-31-13-15-32(16-14-31)20-21-5-2-1-3-6-21;1-16(29)26-28-11-9-27(10-12-28)13-14-31-18-7-5-17(6-8-18)22-15-20-19(23(24)30)3-2-4-21(20)25-22/h1-12,19,30H,13-18,20H2,(H2,29,33);2-8,15,25H,9-14H2,1H3,(H2,24,30)(H,26,29). The smallest absolute Gasteiger partial charge is 0.249 e. The molecule has 5 aromatic carbocycles. The molecule has 0 atom stereocenters. The average Bonchev–Trinajstić information content (AvgIpc) is 3.97. The van der Waals surface area contributed by atoms with Crippen LogP contribution in [0.2, 0.25) is 0 Å². The summed E-state index contributed by atoms with van der Waals surface area (Å²) in [6, 6.07) is 41.6. The third-order valence-corrected chi connectivity index (χ3v) is 11.9. The first kappa shape index (κ1) is 44.6. The number of aromatic nitrogens is 2. The molecule has 0 saturated carbocycles. The normalized spacial score (nSPS) is 15.0. The van der Waals surface area contributed by atoms with Gasteiger partial charge in [0.2, 0.25) is 17.7 Å². The van der Waals surface area contributed by atoms with Gasteiger partial charge in [-0.25, -0.2) is 5.01 Å². The van der Waals surface area contributed by atoms with E-state index in [9.17, 15) is 14.4 Å². The molecule has 2 aliphatic heterocycles. The number of ether oxygens (including phenoxy) is 2. The number of nitrogens with one attached hydrogen (secondary N) is 3. The Morgan fingerprint density at radius 1 is 0.554 bits per heavy atom. The summed E-state index contributed by atoms with van der Waals surface area (Å²) >= 11 is 0. The number of hydrogen-bond donors (Lipinski definition) is 5. The van der Waals surface area contributed by atoms with E-state index >= 15 is 0 Å². The molecule has 0 aliphatic carbocycles. The van der Waals surface area contributed by atoms with Crippen molar-refractivity contribution in [2.45, 2.75) is 13.5 Å². The lowest BCUT2D eigenvalue weighted by molar-refractivity contribution is -0.124. The Balaban J connectivity index is 0.000000178. The predicted molar refractivity (Wildman–Crippen MR) is 255 cm³/mol. The summed E-state index contributed by atoms with van der Waals surface area (Å²) < 4.78 is 11.9. The number of H-pyrrole nitrogens is 2. The van der Waals surface area contributed by atoms with Crippen LogP contribution >= 0.6 is 0 Å². The van der Waals surface area contributed by atoms with Gasteiger partial charge in [-0.3, -0.25) is 34.5 Å². The summed E-state index contributed by atoms with van der Waals surface area (Å²) in [7, 11) is 0.